The average molecular weight is 190 g/mol. The van der Waals surface area contributed by atoms with Gasteiger partial charge in [-0.15, -0.1) is 0 Å². The molecule has 1 atom stereocenters. The Balaban J connectivity index is 2.89. The normalized spacial score (nSPS) is 25.2. The molecular formula is C8H14O3S. The van der Waals surface area contributed by atoms with E-state index < -0.39 is 20.3 Å². The third kappa shape index (κ3) is 1.53. The Morgan fingerprint density at radius 3 is 2.33 bits per heavy atom. The standard InChI is InChI=1S/C8H14O3S/c1-6(2)12(10,11)8-5-3-4-7(8)9/h6,8H,3-5H2,1-2H3. The second-order valence-corrected chi connectivity index (χ2v) is 6.17. The Morgan fingerprint density at radius 1 is 1.42 bits per heavy atom. The maximum absolute atomic E-state index is 11.5. The third-order valence-electron chi connectivity index (χ3n) is 2.30. The lowest BCUT2D eigenvalue weighted by Gasteiger charge is -2.12. The number of sulfone groups is 1. The van der Waals surface area contributed by atoms with Crippen molar-refractivity contribution in [3.63, 3.8) is 0 Å². The van der Waals surface area contributed by atoms with Crippen molar-refractivity contribution < 1.29 is 13.2 Å². The highest BCUT2D eigenvalue weighted by atomic mass is 32.2. The summed E-state index contributed by atoms with van der Waals surface area (Å²) in [5, 5.41) is -1.12. The summed E-state index contributed by atoms with van der Waals surface area (Å²) < 4.78 is 23.0. The maximum atomic E-state index is 11.5. The number of hydrogen-bond acceptors (Lipinski definition) is 3. The van der Waals surface area contributed by atoms with E-state index in [4.69, 9.17) is 0 Å². The van der Waals surface area contributed by atoms with Crippen LogP contribution in [0.2, 0.25) is 0 Å². The van der Waals surface area contributed by atoms with Crippen molar-refractivity contribution in [1.82, 2.24) is 0 Å². The molecule has 1 fully saturated rings. The average Bonchev–Trinajstić information content (AvgIpc) is 2.35. The lowest BCUT2D eigenvalue weighted by atomic mass is 10.3. The first-order valence-corrected chi connectivity index (χ1v) is 5.82. The van der Waals surface area contributed by atoms with Gasteiger partial charge in [-0.3, -0.25) is 4.79 Å². The van der Waals surface area contributed by atoms with Gasteiger partial charge in [-0.1, -0.05) is 0 Å². The van der Waals surface area contributed by atoms with Crippen molar-refractivity contribution in [1.29, 1.82) is 0 Å². The zero-order valence-corrected chi connectivity index (χ0v) is 8.23. The van der Waals surface area contributed by atoms with Crippen LogP contribution in [0.15, 0.2) is 0 Å². The Bertz CT molecular complexity index is 277. The molecule has 0 amide bonds. The molecule has 1 aliphatic rings. The van der Waals surface area contributed by atoms with Gasteiger partial charge in [-0.05, 0) is 26.7 Å². The van der Waals surface area contributed by atoms with Gasteiger partial charge in [0.25, 0.3) is 0 Å². The number of carbonyl (C=O) groups is 1. The van der Waals surface area contributed by atoms with Gasteiger partial charge in [0.05, 0.1) is 5.25 Å². The molecule has 0 heterocycles. The Morgan fingerprint density at radius 2 is 2.00 bits per heavy atom. The molecule has 0 aromatic carbocycles. The molecule has 0 spiro atoms. The van der Waals surface area contributed by atoms with E-state index in [9.17, 15) is 13.2 Å². The highest BCUT2D eigenvalue weighted by Gasteiger charge is 2.37. The number of rotatable bonds is 2. The maximum Gasteiger partial charge on any atom is 0.162 e. The molecule has 12 heavy (non-hydrogen) atoms. The first-order valence-electron chi connectivity index (χ1n) is 4.21. The summed E-state index contributed by atoms with van der Waals surface area (Å²) in [6.45, 7) is 3.25. The van der Waals surface area contributed by atoms with Crippen LogP contribution in [0, 0.1) is 0 Å². The molecule has 70 valence electrons. The molecule has 1 unspecified atom stereocenters. The summed E-state index contributed by atoms with van der Waals surface area (Å²) in [5.41, 5.74) is 0. The molecule has 4 heteroatoms. The lowest BCUT2D eigenvalue weighted by Crippen LogP contribution is -2.31. The van der Waals surface area contributed by atoms with Crippen LogP contribution in [0.3, 0.4) is 0 Å². The monoisotopic (exact) mass is 190 g/mol. The number of ketones is 1. The van der Waals surface area contributed by atoms with E-state index in [0.717, 1.165) is 6.42 Å². The summed E-state index contributed by atoms with van der Waals surface area (Å²) in [7, 11) is -3.18. The molecule has 0 radical (unpaired) electrons. The predicted octanol–water partition coefficient (Wildman–Crippen LogP) is 0.931. The Hall–Kier alpha value is -0.380. The summed E-state index contributed by atoms with van der Waals surface area (Å²) in [6.07, 6.45) is 1.70. The minimum absolute atomic E-state index is 0.0938. The van der Waals surface area contributed by atoms with E-state index in [0.29, 0.717) is 12.8 Å². The molecule has 0 aromatic heterocycles. The summed E-state index contributed by atoms with van der Waals surface area (Å²) in [6, 6.07) is 0. The van der Waals surface area contributed by atoms with Crippen LogP contribution in [0.4, 0.5) is 0 Å². The molecule has 0 aliphatic heterocycles. The summed E-state index contributed by atoms with van der Waals surface area (Å²) in [4.78, 5) is 11.1. The predicted molar refractivity (Wildman–Crippen MR) is 46.7 cm³/mol. The zero-order chi connectivity index (χ0) is 9.35. The van der Waals surface area contributed by atoms with Gasteiger partial charge < -0.3 is 0 Å². The Kier molecular flexibility index (Phi) is 2.56. The van der Waals surface area contributed by atoms with E-state index in [1.54, 1.807) is 13.8 Å². The fourth-order valence-corrected chi connectivity index (χ4v) is 3.10. The van der Waals surface area contributed by atoms with Gasteiger partial charge in [0.2, 0.25) is 0 Å². The fraction of sp³-hybridized carbons (Fsp3) is 0.875. The largest absolute Gasteiger partial charge is 0.298 e. The van der Waals surface area contributed by atoms with Gasteiger partial charge in [0, 0.05) is 6.42 Å². The summed E-state index contributed by atoms with van der Waals surface area (Å²) >= 11 is 0. The van der Waals surface area contributed by atoms with Crippen LogP contribution >= 0.6 is 0 Å². The van der Waals surface area contributed by atoms with E-state index in [1.807, 2.05) is 0 Å². The minimum Gasteiger partial charge on any atom is -0.298 e. The first kappa shape index (κ1) is 9.71. The van der Waals surface area contributed by atoms with Crippen LogP contribution in [0.1, 0.15) is 33.1 Å². The van der Waals surface area contributed by atoms with Crippen LogP contribution in [0.5, 0.6) is 0 Å². The molecule has 1 saturated carbocycles. The van der Waals surface area contributed by atoms with Gasteiger partial charge in [-0.25, -0.2) is 8.42 Å². The van der Waals surface area contributed by atoms with Crippen molar-refractivity contribution in [3.8, 4) is 0 Å². The fourth-order valence-electron chi connectivity index (χ4n) is 1.46. The molecule has 3 nitrogen and oxygen atoms in total. The number of Topliss-reactive ketones (excluding diaryl/α,β-unsaturated/α-hetero) is 1. The molecule has 0 N–H and O–H groups in total. The van der Waals surface area contributed by atoms with E-state index >= 15 is 0 Å². The number of hydrogen-bond donors (Lipinski definition) is 0. The van der Waals surface area contributed by atoms with Crippen molar-refractivity contribution in [2.75, 3.05) is 0 Å². The van der Waals surface area contributed by atoms with Crippen LogP contribution < -0.4 is 0 Å². The quantitative estimate of drug-likeness (QED) is 0.651. The van der Waals surface area contributed by atoms with Crippen LogP contribution in [0.25, 0.3) is 0 Å². The van der Waals surface area contributed by atoms with E-state index in [1.165, 1.54) is 0 Å². The molecule has 1 aliphatic carbocycles. The zero-order valence-electron chi connectivity index (χ0n) is 7.41. The van der Waals surface area contributed by atoms with Gasteiger partial charge in [-0.2, -0.15) is 0 Å². The van der Waals surface area contributed by atoms with Crippen molar-refractivity contribution >= 4 is 15.6 Å². The van der Waals surface area contributed by atoms with Crippen LogP contribution in [-0.2, 0) is 14.6 Å². The second-order valence-electron chi connectivity index (χ2n) is 3.48. The van der Waals surface area contributed by atoms with E-state index in [-0.39, 0.29) is 5.78 Å². The number of carbonyl (C=O) groups excluding carboxylic acids is 1. The molecular weight excluding hydrogens is 176 g/mol. The van der Waals surface area contributed by atoms with Gasteiger partial charge in [0.1, 0.15) is 5.25 Å². The van der Waals surface area contributed by atoms with Crippen molar-refractivity contribution in [3.05, 3.63) is 0 Å². The molecule has 0 bridgehead atoms. The highest BCUT2D eigenvalue weighted by molar-refractivity contribution is 7.93. The highest BCUT2D eigenvalue weighted by Crippen LogP contribution is 2.24. The van der Waals surface area contributed by atoms with Crippen molar-refractivity contribution in [2.24, 2.45) is 0 Å². The van der Waals surface area contributed by atoms with E-state index in [2.05, 4.69) is 0 Å². The topological polar surface area (TPSA) is 51.2 Å². The van der Waals surface area contributed by atoms with Gasteiger partial charge >= 0.3 is 0 Å². The Labute approximate surface area is 73.1 Å². The molecule has 0 saturated heterocycles. The smallest absolute Gasteiger partial charge is 0.162 e. The minimum atomic E-state index is -3.18. The molecule has 0 aromatic rings. The second kappa shape index (κ2) is 3.17. The van der Waals surface area contributed by atoms with Gasteiger partial charge in [0.15, 0.2) is 15.6 Å². The first-order chi connectivity index (χ1) is 5.46. The van der Waals surface area contributed by atoms with Crippen LogP contribution in [-0.4, -0.2) is 24.7 Å². The molecule has 1 rings (SSSR count). The third-order valence-corrected chi connectivity index (χ3v) is 4.91. The lowest BCUT2D eigenvalue weighted by molar-refractivity contribution is -0.117. The SMILES string of the molecule is CC(C)S(=O)(=O)C1CCCC1=O. The van der Waals surface area contributed by atoms with Crippen molar-refractivity contribution in [2.45, 2.75) is 43.6 Å². The summed E-state index contributed by atoms with van der Waals surface area (Å²) in [5.74, 6) is -0.0938.